The molecule has 0 bridgehead atoms. The lowest BCUT2D eigenvalue weighted by atomic mass is 10.1. The number of hydrogen-bond donors (Lipinski definition) is 1. The van der Waals surface area contributed by atoms with E-state index in [0.717, 1.165) is 29.1 Å². The molecule has 0 aliphatic heterocycles. The molecule has 0 saturated heterocycles. The maximum atomic E-state index is 12.6. The van der Waals surface area contributed by atoms with Crippen LogP contribution < -0.4 is 5.32 Å². The van der Waals surface area contributed by atoms with Gasteiger partial charge in [0.15, 0.2) is 0 Å². The van der Waals surface area contributed by atoms with Gasteiger partial charge in [0.25, 0.3) is 0 Å². The van der Waals surface area contributed by atoms with E-state index in [4.69, 9.17) is 0 Å². The van der Waals surface area contributed by atoms with Crippen molar-refractivity contribution in [3.63, 3.8) is 0 Å². The largest absolute Gasteiger partial charge is 0.416 e. The van der Waals surface area contributed by atoms with Crippen molar-refractivity contribution in [2.24, 2.45) is 7.05 Å². The second-order valence-corrected chi connectivity index (χ2v) is 5.66. The highest BCUT2D eigenvalue weighted by Gasteiger charge is 2.29. The van der Waals surface area contributed by atoms with E-state index in [1.807, 2.05) is 20.9 Å². The van der Waals surface area contributed by atoms with Gasteiger partial charge in [0.1, 0.15) is 5.82 Å². The van der Waals surface area contributed by atoms with Crippen LogP contribution >= 0.6 is 0 Å². The number of hydrogen-bond acceptors (Lipinski definition) is 4. The number of aromatic nitrogens is 4. The Morgan fingerprint density at radius 1 is 1.04 bits per heavy atom. The first-order valence-electron chi connectivity index (χ1n) is 7.52. The minimum atomic E-state index is -4.35. The molecule has 3 rings (SSSR count). The van der Waals surface area contributed by atoms with E-state index in [1.165, 1.54) is 18.3 Å². The van der Waals surface area contributed by atoms with Crippen LogP contribution in [-0.4, -0.2) is 19.7 Å². The molecule has 3 aromatic rings. The van der Waals surface area contributed by atoms with Crippen LogP contribution in [0.15, 0.2) is 36.7 Å². The number of rotatable bonds is 3. The van der Waals surface area contributed by atoms with E-state index in [2.05, 4.69) is 20.4 Å². The first kappa shape index (κ1) is 16.9. The van der Waals surface area contributed by atoms with Gasteiger partial charge < -0.3 is 5.32 Å². The van der Waals surface area contributed by atoms with E-state index in [1.54, 1.807) is 10.9 Å². The van der Waals surface area contributed by atoms with E-state index in [0.29, 0.717) is 17.2 Å². The quantitative estimate of drug-likeness (QED) is 0.769. The third-order valence-corrected chi connectivity index (χ3v) is 3.88. The number of nitrogens with zero attached hydrogens (tertiary/aromatic N) is 4. The smallest absolute Gasteiger partial charge is 0.339 e. The fourth-order valence-electron chi connectivity index (χ4n) is 2.58. The van der Waals surface area contributed by atoms with E-state index in [-0.39, 0.29) is 0 Å². The Hall–Kier alpha value is -2.90. The van der Waals surface area contributed by atoms with Crippen LogP contribution in [0, 0.1) is 13.8 Å². The van der Waals surface area contributed by atoms with Crippen LogP contribution in [0.4, 0.5) is 24.7 Å². The number of alkyl halides is 3. The Morgan fingerprint density at radius 3 is 2.28 bits per heavy atom. The zero-order valence-corrected chi connectivity index (χ0v) is 13.9. The van der Waals surface area contributed by atoms with Gasteiger partial charge in [0.2, 0.25) is 0 Å². The molecule has 5 nitrogen and oxygen atoms in total. The van der Waals surface area contributed by atoms with Crippen molar-refractivity contribution < 1.29 is 13.2 Å². The third-order valence-electron chi connectivity index (χ3n) is 3.88. The van der Waals surface area contributed by atoms with Crippen molar-refractivity contribution in [2.75, 3.05) is 5.32 Å². The van der Waals surface area contributed by atoms with E-state index < -0.39 is 11.7 Å². The Kier molecular flexibility index (Phi) is 4.20. The molecule has 0 spiro atoms. The lowest BCUT2D eigenvalue weighted by Gasteiger charge is -2.10. The highest BCUT2D eigenvalue weighted by atomic mass is 19.4. The molecular formula is C17H16F3N5. The summed E-state index contributed by atoms with van der Waals surface area (Å²) in [7, 11) is 1.85. The van der Waals surface area contributed by atoms with Gasteiger partial charge in [0, 0.05) is 24.0 Å². The van der Waals surface area contributed by atoms with Crippen LogP contribution in [-0.2, 0) is 13.2 Å². The molecule has 1 aromatic carbocycles. The fourth-order valence-corrected chi connectivity index (χ4v) is 2.58. The molecule has 2 aromatic heterocycles. The van der Waals surface area contributed by atoms with Crippen LogP contribution in [0.1, 0.15) is 17.0 Å². The molecular weight excluding hydrogens is 331 g/mol. The monoisotopic (exact) mass is 347 g/mol. The Morgan fingerprint density at radius 2 is 1.72 bits per heavy atom. The van der Waals surface area contributed by atoms with Crippen molar-refractivity contribution in [2.45, 2.75) is 20.0 Å². The van der Waals surface area contributed by atoms with Crippen molar-refractivity contribution in [1.82, 2.24) is 19.7 Å². The second kappa shape index (κ2) is 6.19. The number of halogens is 3. The summed E-state index contributed by atoms with van der Waals surface area (Å²) in [4.78, 5) is 8.66. The number of nitrogens with one attached hydrogen (secondary N) is 1. The van der Waals surface area contributed by atoms with Gasteiger partial charge in [-0.2, -0.15) is 18.3 Å². The predicted molar refractivity (Wildman–Crippen MR) is 88.4 cm³/mol. The predicted octanol–water partition coefficient (Wildman–Crippen LogP) is 4.26. The number of aryl methyl sites for hydroxylation is 2. The summed E-state index contributed by atoms with van der Waals surface area (Å²) in [5.41, 5.74) is 3.14. The molecule has 0 atom stereocenters. The topological polar surface area (TPSA) is 55.6 Å². The van der Waals surface area contributed by atoms with Gasteiger partial charge in [-0.1, -0.05) is 0 Å². The van der Waals surface area contributed by atoms with Crippen molar-refractivity contribution >= 4 is 11.5 Å². The SMILES string of the molecule is Cc1nn(C)c(C)c1-c1cncc(Nc2ccc(C(F)(F)F)cc2)n1. The molecule has 0 radical (unpaired) electrons. The lowest BCUT2D eigenvalue weighted by Crippen LogP contribution is -2.04. The van der Waals surface area contributed by atoms with Gasteiger partial charge in [-0.15, -0.1) is 0 Å². The van der Waals surface area contributed by atoms with Gasteiger partial charge in [-0.05, 0) is 38.1 Å². The van der Waals surface area contributed by atoms with Gasteiger partial charge in [0.05, 0.1) is 29.3 Å². The molecule has 2 heterocycles. The summed E-state index contributed by atoms with van der Waals surface area (Å²) < 4.78 is 39.6. The third kappa shape index (κ3) is 3.47. The van der Waals surface area contributed by atoms with E-state index >= 15 is 0 Å². The van der Waals surface area contributed by atoms with Gasteiger partial charge in [-0.25, -0.2) is 4.98 Å². The maximum Gasteiger partial charge on any atom is 0.416 e. The molecule has 0 fully saturated rings. The molecule has 0 aliphatic carbocycles. The highest BCUT2D eigenvalue weighted by molar-refractivity contribution is 5.66. The zero-order valence-electron chi connectivity index (χ0n) is 13.9. The fraction of sp³-hybridized carbons (Fsp3) is 0.235. The van der Waals surface area contributed by atoms with Crippen molar-refractivity contribution in [3.05, 3.63) is 53.6 Å². The Balaban J connectivity index is 1.87. The van der Waals surface area contributed by atoms with Crippen molar-refractivity contribution in [1.29, 1.82) is 0 Å². The summed E-state index contributed by atoms with van der Waals surface area (Å²) in [6, 6.07) is 4.76. The molecule has 1 N–H and O–H groups in total. The Labute approximate surface area is 142 Å². The standard InChI is InChI=1S/C17H16F3N5/c1-10-16(11(2)25(3)24-10)14-8-21-9-15(23-14)22-13-6-4-12(5-7-13)17(18,19)20/h4-9H,1-3H3,(H,22,23). The van der Waals surface area contributed by atoms with Crippen LogP contribution in [0.2, 0.25) is 0 Å². The molecule has 0 aliphatic rings. The molecule has 130 valence electrons. The van der Waals surface area contributed by atoms with Gasteiger partial charge in [-0.3, -0.25) is 9.67 Å². The lowest BCUT2D eigenvalue weighted by molar-refractivity contribution is -0.137. The zero-order chi connectivity index (χ0) is 18.2. The molecule has 25 heavy (non-hydrogen) atoms. The molecule has 0 amide bonds. The molecule has 8 heteroatoms. The summed E-state index contributed by atoms with van der Waals surface area (Å²) in [6.45, 7) is 3.83. The molecule has 0 saturated carbocycles. The normalized spacial score (nSPS) is 11.6. The van der Waals surface area contributed by atoms with Crippen LogP contribution in [0.25, 0.3) is 11.3 Å². The average molecular weight is 347 g/mol. The minimum Gasteiger partial charge on any atom is -0.339 e. The van der Waals surface area contributed by atoms with Crippen LogP contribution in [0.5, 0.6) is 0 Å². The maximum absolute atomic E-state index is 12.6. The first-order chi connectivity index (χ1) is 11.8. The molecule has 0 unspecified atom stereocenters. The van der Waals surface area contributed by atoms with Crippen molar-refractivity contribution in [3.8, 4) is 11.3 Å². The highest BCUT2D eigenvalue weighted by Crippen LogP contribution is 2.30. The first-order valence-corrected chi connectivity index (χ1v) is 7.52. The summed E-state index contributed by atoms with van der Waals surface area (Å²) >= 11 is 0. The summed E-state index contributed by atoms with van der Waals surface area (Å²) in [5.74, 6) is 0.444. The second-order valence-electron chi connectivity index (χ2n) is 5.66. The average Bonchev–Trinajstić information content (AvgIpc) is 2.80. The van der Waals surface area contributed by atoms with Crippen LogP contribution in [0.3, 0.4) is 0 Å². The number of benzene rings is 1. The summed E-state index contributed by atoms with van der Waals surface area (Å²) in [6.07, 6.45) is -1.20. The minimum absolute atomic E-state index is 0.444. The number of anilines is 2. The Bertz CT molecular complexity index is 898. The van der Waals surface area contributed by atoms with E-state index in [9.17, 15) is 13.2 Å². The summed E-state index contributed by atoms with van der Waals surface area (Å²) in [5, 5.41) is 7.33. The van der Waals surface area contributed by atoms with Gasteiger partial charge >= 0.3 is 6.18 Å².